The van der Waals surface area contributed by atoms with Crippen molar-refractivity contribution in [2.24, 2.45) is 0 Å². The van der Waals surface area contributed by atoms with Crippen LogP contribution in [-0.2, 0) is 6.54 Å². The third kappa shape index (κ3) is 3.09. The molecule has 4 heteroatoms. The summed E-state index contributed by atoms with van der Waals surface area (Å²) in [5, 5.41) is 6.04. The van der Waals surface area contributed by atoms with Crippen LogP contribution in [-0.4, -0.2) is 43.5 Å². The zero-order chi connectivity index (χ0) is 13.0. The van der Waals surface area contributed by atoms with Crippen LogP contribution in [0.3, 0.4) is 0 Å². The molecule has 2 N–H and O–H groups in total. The fourth-order valence-electron chi connectivity index (χ4n) is 2.31. The molecule has 0 aliphatic carbocycles. The summed E-state index contributed by atoms with van der Waals surface area (Å²) in [6.45, 7) is 6.28. The molecule has 1 aliphatic rings. The molecule has 1 atom stereocenters. The number of hydrogen-bond donors (Lipinski definition) is 2. The van der Waals surface area contributed by atoms with Crippen molar-refractivity contribution >= 4 is 5.91 Å². The molecule has 1 amide bonds. The fraction of sp³-hybridized carbons (Fsp3) is 0.500. The Morgan fingerprint density at radius 1 is 1.56 bits per heavy atom. The van der Waals surface area contributed by atoms with Crippen LogP contribution in [0.2, 0.25) is 0 Å². The maximum absolute atomic E-state index is 11.6. The SMILES string of the molecule is CNC(=O)c1cccc(CN2CCNC[C@H]2C)c1. The van der Waals surface area contributed by atoms with Crippen molar-refractivity contribution in [3.63, 3.8) is 0 Å². The van der Waals surface area contributed by atoms with Gasteiger partial charge in [-0.25, -0.2) is 0 Å². The minimum Gasteiger partial charge on any atom is -0.355 e. The van der Waals surface area contributed by atoms with Gasteiger partial charge in [0.2, 0.25) is 0 Å². The minimum absolute atomic E-state index is 0.0230. The Labute approximate surface area is 108 Å². The van der Waals surface area contributed by atoms with Crippen LogP contribution in [0.5, 0.6) is 0 Å². The average molecular weight is 247 g/mol. The lowest BCUT2D eigenvalue weighted by molar-refractivity contribution is 0.0963. The standard InChI is InChI=1S/C14H21N3O/c1-11-9-16-6-7-17(11)10-12-4-3-5-13(8-12)14(18)15-2/h3-5,8,11,16H,6-7,9-10H2,1-2H3,(H,15,18)/t11-/m1/s1. The largest absolute Gasteiger partial charge is 0.355 e. The van der Waals surface area contributed by atoms with Gasteiger partial charge in [-0.1, -0.05) is 12.1 Å². The van der Waals surface area contributed by atoms with Crippen LogP contribution in [0.4, 0.5) is 0 Å². The molecule has 0 bridgehead atoms. The molecule has 2 rings (SSSR count). The Bertz CT molecular complexity index is 419. The first-order valence-corrected chi connectivity index (χ1v) is 6.46. The molecule has 98 valence electrons. The van der Waals surface area contributed by atoms with E-state index >= 15 is 0 Å². The van der Waals surface area contributed by atoms with E-state index < -0.39 is 0 Å². The number of nitrogens with zero attached hydrogens (tertiary/aromatic N) is 1. The van der Waals surface area contributed by atoms with Gasteiger partial charge < -0.3 is 10.6 Å². The summed E-state index contributed by atoms with van der Waals surface area (Å²) in [7, 11) is 1.66. The van der Waals surface area contributed by atoms with Gasteiger partial charge in [-0.15, -0.1) is 0 Å². The quantitative estimate of drug-likeness (QED) is 0.832. The highest BCUT2D eigenvalue weighted by Crippen LogP contribution is 2.12. The molecule has 1 fully saturated rings. The van der Waals surface area contributed by atoms with Gasteiger partial charge in [-0.05, 0) is 24.6 Å². The first-order valence-electron chi connectivity index (χ1n) is 6.46. The van der Waals surface area contributed by atoms with Crippen LogP contribution in [0.15, 0.2) is 24.3 Å². The molecule has 1 heterocycles. The van der Waals surface area contributed by atoms with E-state index in [1.807, 2.05) is 18.2 Å². The van der Waals surface area contributed by atoms with Crippen molar-refractivity contribution < 1.29 is 4.79 Å². The van der Waals surface area contributed by atoms with Gasteiger partial charge in [-0.2, -0.15) is 0 Å². The zero-order valence-corrected chi connectivity index (χ0v) is 11.1. The molecular formula is C14H21N3O. The number of nitrogens with one attached hydrogen (secondary N) is 2. The van der Waals surface area contributed by atoms with Gasteiger partial charge in [0, 0.05) is 44.8 Å². The number of rotatable bonds is 3. The topological polar surface area (TPSA) is 44.4 Å². The number of carbonyl (C=O) groups is 1. The van der Waals surface area contributed by atoms with Crippen LogP contribution < -0.4 is 10.6 Å². The predicted molar refractivity (Wildman–Crippen MR) is 72.6 cm³/mol. The highest BCUT2D eigenvalue weighted by Gasteiger charge is 2.17. The monoisotopic (exact) mass is 247 g/mol. The Kier molecular flexibility index (Phi) is 4.33. The Hall–Kier alpha value is -1.39. The molecule has 0 saturated carbocycles. The van der Waals surface area contributed by atoms with Gasteiger partial charge in [0.15, 0.2) is 0 Å². The van der Waals surface area contributed by atoms with Crippen molar-refractivity contribution in [3.8, 4) is 0 Å². The van der Waals surface area contributed by atoms with Crippen molar-refractivity contribution in [1.82, 2.24) is 15.5 Å². The summed E-state index contributed by atoms with van der Waals surface area (Å²) in [4.78, 5) is 14.0. The number of amides is 1. The lowest BCUT2D eigenvalue weighted by Crippen LogP contribution is -2.49. The van der Waals surface area contributed by atoms with Crippen LogP contribution in [0.25, 0.3) is 0 Å². The van der Waals surface area contributed by atoms with Crippen LogP contribution in [0.1, 0.15) is 22.8 Å². The van der Waals surface area contributed by atoms with Crippen molar-refractivity contribution in [1.29, 1.82) is 0 Å². The number of carbonyl (C=O) groups excluding carboxylic acids is 1. The minimum atomic E-state index is -0.0230. The third-order valence-corrected chi connectivity index (χ3v) is 3.44. The molecule has 0 unspecified atom stereocenters. The molecule has 4 nitrogen and oxygen atoms in total. The summed E-state index contributed by atoms with van der Waals surface area (Å²) in [6.07, 6.45) is 0. The molecule has 1 aliphatic heterocycles. The van der Waals surface area contributed by atoms with Gasteiger partial charge >= 0.3 is 0 Å². The van der Waals surface area contributed by atoms with E-state index in [1.165, 1.54) is 5.56 Å². The number of piperazine rings is 1. The third-order valence-electron chi connectivity index (χ3n) is 3.44. The Balaban J connectivity index is 2.06. The van der Waals surface area contributed by atoms with Gasteiger partial charge in [0.1, 0.15) is 0 Å². The van der Waals surface area contributed by atoms with Crippen LogP contribution in [0, 0.1) is 0 Å². The Morgan fingerprint density at radius 3 is 3.11 bits per heavy atom. The zero-order valence-electron chi connectivity index (χ0n) is 11.1. The van der Waals surface area contributed by atoms with E-state index in [-0.39, 0.29) is 5.91 Å². The summed E-state index contributed by atoms with van der Waals surface area (Å²) >= 11 is 0. The van der Waals surface area contributed by atoms with Gasteiger partial charge in [-0.3, -0.25) is 9.69 Å². The van der Waals surface area contributed by atoms with Gasteiger partial charge in [0.25, 0.3) is 5.91 Å². The van der Waals surface area contributed by atoms with E-state index in [4.69, 9.17) is 0 Å². The molecule has 0 aromatic heterocycles. The highest BCUT2D eigenvalue weighted by molar-refractivity contribution is 5.94. The lowest BCUT2D eigenvalue weighted by Gasteiger charge is -2.33. The maximum atomic E-state index is 11.6. The van der Waals surface area contributed by atoms with Crippen molar-refractivity contribution in [2.45, 2.75) is 19.5 Å². The Morgan fingerprint density at radius 2 is 2.39 bits per heavy atom. The number of hydrogen-bond acceptors (Lipinski definition) is 3. The number of benzene rings is 1. The molecule has 0 spiro atoms. The maximum Gasteiger partial charge on any atom is 0.251 e. The first kappa shape index (κ1) is 13.1. The van der Waals surface area contributed by atoms with Crippen LogP contribution >= 0.6 is 0 Å². The summed E-state index contributed by atoms with van der Waals surface area (Å²) < 4.78 is 0. The van der Waals surface area contributed by atoms with E-state index in [0.717, 1.165) is 31.7 Å². The average Bonchev–Trinajstić information content (AvgIpc) is 2.41. The second-order valence-corrected chi connectivity index (χ2v) is 4.80. The smallest absolute Gasteiger partial charge is 0.251 e. The molecule has 1 saturated heterocycles. The highest BCUT2D eigenvalue weighted by atomic mass is 16.1. The normalized spacial score (nSPS) is 20.7. The lowest BCUT2D eigenvalue weighted by atomic mass is 10.1. The summed E-state index contributed by atoms with van der Waals surface area (Å²) in [6, 6.07) is 8.41. The van der Waals surface area contributed by atoms with E-state index in [9.17, 15) is 4.79 Å². The molecular weight excluding hydrogens is 226 g/mol. The second-order valence-electron chi connectivity index (χ2n) is 4.80. The summed E-state index contributed by atoms with van der Waals surface area (Å²) in [5.74, 6) is -0.0230. The van der Waals surface area contributed by atoms with E-state index in [1.54, 1.807) is 7.05 Å². The predicted octanol–water partition coefficient (Wildman–Crippen LogP) is 0.840. The van der Waals surface area contributed by atoms with E-state index in [0.29, 0.717) is 6.04 Å². The molecule has 1 aromatic rings. The van der Waals surface area contributed by atoms with Crippen molar-refractivity contribution in [3.05, 3.63) is 35.4 Å². The second kappa shape index (κ2) is 5.98. The van der Waals surface area contributed by atoms with E-state index in [2.05, 4.69) is 28.5 Å². The fourth-order valence-corrected chi connectivity index (χ4v) is 2.31. The van der Waals surface area contributed by atoms with Crippen molar-refractivity contribution in [2.75, 3.05) is 26.7 Å². The first-order chi connectivity index (χ1) is 8.70. The molecule has 18 heavy (non-hydrogen) atoms. The molecule has 1 aromatic carbocycles. The van der Waals surface area contributed by atoms with Gasteiger partial charge in [0.05, 0.1) is 0 Å². The summed E-state index contributed by atoms with van der Waals surface area (Å²) in [5.41, 5.74) is 1.93. The molecule has 0 radical (unpaired) electrons.